The minimum absolute atomic E-state index is 0. The number of hydrogen-bond acceptors (Lipinski definition) is 8. The first-order valence-electron chi connectivity index (χ1n) is 8.64. The van der Waals surface area contributed by atoms with Crippen molar-refractivity contribution in [1.82, 2.24) is 34.4 Å². The standard InChI is InChI=1S/C16H18N8O3S.2ClH/c1-10-14(15(25)22-7-5-21(2)6-8-22)19-16(18-10)28-12-4-3-11-17-9-13(24(26)27)23(11)20-12;;/h3-4,9H,5-8H2,1-2H3,(H,18,19);2*1H. The van der Waals surface area contributed by atoms with Gasteiger partial charge in [0.15, 0.2) is 5.16 Å². The quantitative estimate of drug-likeness (QED) is 0.449. The molecule has 11 nitrogen and oxygen atoms in total. The van der Waals surface area contributed by atoms with E-state index in [9.17, 15) is 14.9 Å². The lowest BCUT2D eigenvalue weighted by atomic mass is 10.2. The molecule has 0 unspecified atom stereocenters. The van der Waals surface area contributed by atoms with E-state index < -0.39 is 4.92 Å². The van der Waals surface area contributed by atoms with Crippen LogP contribution in [0.4, 0.5) is 5.82 Å². The summed E-state index contributed by atoms with van der Waals surface area (Å²) in [5, 5.41) is 16.3. The van der Waals surface area contributed by atoms with Gasteiger partial charge in [0, 0.05) is 37.9 Å². The number of hydrogen-bond donors (Lipinski definition) is 1. The molecular formula is C16H20Cl2N8O3S. The highest BCUT2D eigenvalue weighted by atomic mass is 35.5. The van der Waals surface area contributed by atoms with E-state index in [4.69, 9.17) is 0 Å². The number of imidazole rings is 2. The molecule has 0 radical (unpaired) electrons. The van der Waals surface area contributed by atoms with Crippen molar-refractivity contribution in [3.63, 3.8) is 0 Å². The molecule has 1 aliphatic rings. The molecule has 4 rings (SSSR count). The number of H-pyrrole nitrogens is 1. The molecule has 1 fully saturated rings. The van der Waals surface area contributed by atoms with Gasteiger partial charge < -0.3 is 24.9 Å². The summed E-state index contributed by atoms with van der Waals surface area (Å²) >= 11 is 1.20. The van der Waals surface area contributed by atoms with Crippen molar-refractivity contribution >= 4 is 53.9 Å². The lowest BCUT2D eigenvalue weighted by molar-refractivity contribution is -0.391. The van der Waals surface area contributed by atoms with Crippen LogP contribution in [0.2, 0.25) is 0 Å². The highest BCUT2D eigenvalue weighted by molar-refractivity contribution is 7.99. The van der Waals surface area contributed by atoms with Crippen LogP contribution in [0.3, 0.4) is 0 Å². The number of aryl methyl sites for hydroxylation is 1. The molecule has 30 heavy (non-hydrogen) atoms. The lowest BCUT2D eigenvalue weighted by Crippen LogP contribution is -2.47. The largest absolute Gasteiger partial charge is 0.368 e. The van der Waals surface area contributed by atoms with Gasteiger partial charge in [0.2, 0.25) is 5.65 Å². The Balaban J connectivity index is 0.00000160. The summed E-state index contributed by atoms with van der Waals surface area (Å²) in [5.74, 6) is -0.304. The van der Waals surface area contributed by atoms with Crippen LogP contribution in [0.15, 0.2) is 28.5 Å². The van der Waals surface area contributed by atoms with Crippen LogP contribution in [-0.2, 0) is 0 Å². The van der Waals surface area contributed by atoms with E-state index in [1.165, 1.54) is 22.5 Å². The smallest absolute Gasteiger partial charge is 0.358 e. The number of piperazine rings is 1. The van der Waals surface area contributed by atoms with Gasteiger partial charge >= 0.3 is 5.82 Å². The zero-order valence-corrected chi connectivity index (χ0v) is 18.6. The Morgan fingerprint density at radius 1 is 1.23 bits per heavy atom. The molecule has 162 valence electrons. The second-order valence-corrected chi connectivity index (χ2v) is 7.54. The molecule has 3 aromatic rings. The molecule has 14 heteroatoms. The van der Waals surface area contributed by atoms with Crippen LogP contribution in [0, 0.1) is 17.0 Å². The number of carbonyl (C=O) groups excluding carboxylic acids is 1. The normalized spacial score (nSPS) is 14.3. The average molecular weight is 475 g/mol. The van der Waals surface area contributed by atoms with Crippen LogP contribution in [0.5, 0.6) is 0 Å². The number of carbonyl (C=O) groups is 1. The van der Waals surface area contributed by atoms with Crippen molar-refractivity contribution in [2.75, 3.05) is 33.2 Å². The third kappa shape index (κ3) is 4.67. The summed E-state index contributed by atoms with van der Waals surface area (Å²) in [6, 6.07) is 3.35. The lowest BCUT2D eigenvalue weighted by Gasteiger charge is -2.32. The number of nitrogens with one attached hydrogen (secondary N) is 1. The fourth-order valence-electron chi connectivity index (χ4n) is 2.97. The van der Waals surface area contributed by atoms with Crippen molar-refractivity contribution < 1.29 is 9.72 Å². The van der Waals surface area contributed by atoms with Crippen LogP contribution in [0.25, 0.3) is 5.65 Å². The number of nitro groups is 1. The van der Waals surface area contributed by atoms with Gasteiger partial charge in [-0.2, -0.15) is 0 Å². The SMILES string of the molecule is Cc1[nH]c(Sc2ccc3ncc([N+](=O)[O-])n3n2)nc1C(=O)N1CCN(C)CC1.Cl.Cl. The predicted molar refractivity (Wildman–Crippen MR) is 115 cm³/mol. The Bertz CT molecular complexity index is 1060. The minimum Gasteiger partial charge on any atom is -0.358 e. The van der Waals surface area contributed by atoms with Crippen LogP contribution in [-0.4, -0.2) is 78.4 Å². The van der Waals surface area contributed by atoms with Gasteiger partial charge in [-0.3, -0.25) is 4.79 Å². The second-order valence-electron chi connectivity index (χ2n) is 6.53. The third-order valence-electron chi connectivity index (χ3n) is 4.56. The number of nitrogens with zero attached hydrogens (tertiary/aromatic N) is 7. The second kappa shape index (κ2) is 9.60. The zero-order valence-electron chi connectivity index (χ0n) is 16.1. The van der Waals surface area contributed by atoms with Gasteiger partial charge in [-0.1, -0.05) is 9.61 Å². The molecule has 3 aromatic heterocycles. The van der Waals surface area contributed by atoms with Crippen LogP contribution < -0.4 is 0 Å². The van der Waals surface area contributed by atoms with E-state index in [1.54, 1.807) is 24.0 Å². The predicted octanol–water partition coefficient (Wildman–Crippen LogP) is 2.05. The fraction of sp³-hybridized carbons (Fsp3) is 0.375. The molecule has 1 amide bonds. The van der Waals surface area contributed by atoms with E-state index in [-0.39, 0.29) is 36.5 Å². The molecular weight excluding hydrogens is 455 g/mol. The van der Waals surface area contributed by atoms with Gasteiger partial charge in [0.25, 0.3) is 5.91 Å². The molecule has 0 spiro atoms. The third-order valence-corrected chi connectivity index (χ3v) is 5.38. The van der Waals surface area contributed by atoms with Crippen molar-refractivity contribution in [3.05, 3.63) is 39.8 Å². The number of aromatic nitrogens is 5. The first-order chi connectivity index (χ1) is 13.4. The maximum absolute atomic E-state index is 12.8. The van der Waals surface area contributed by atoms with Gasteiger partial charge in [0.05, 0.1) is 0 Å². The van der Waals surface area contributed by atoms with E-state index in [0.29, 0.717) is 40.3 Å². The van der Waals surface area contributed by atoms with E-state index in [1.807, 2.05) is 7.05 Å². The van der Waals surface area contributed by atoms with Crippen LogP contribution in [0.1, 0.15) is 16.2 Å². The monoisotopic (exact) mass is 474 g/mol. The highest BCUT2D eigenvalue weighted by Gasteiger charge is 2.25. The van der Waals surface area contributed by atoms with E-state index >= 15 is 0 Å². The Labute approximate surface area is 188 Å². The van der Waals surface area contributed by atoms with Crippen molar-refractivity contribution in [2.45, 2.75) is 17.1 Å². The first kappa shape index (κ1) is 23.9. The molecule has 0 aromatic carbocycles. The Kier molecular flexibility index (Phi) is 7.64. The number of likely N-dealkylation sites (N-methyl/N-ethyl adjacent to an activating group) is 1. The van der Waals surface area contributed by atoms with Gasteiger partial charge in [-0.15, -0.1) is 24.8 Å². The topological polar surface area (TPSA) is 126 Å². The molecule has 1 saturated heterocycles. The Morgan fingerprint density at radius 3 is 2.60 bits per heavy atom. The molecule has 1 N–H and O–H groups in total. The van der Waals surface area contributed by atoms with E-state index in [0.717, 1.165) is 13.1 Å². The van der Waals surface area contributed by atoms with Crippen molar-refractivity contribution in [3.8, 4) is 0 Å². The summed E-state index contributed by atoms with van der Waals surface area (Å²) in [4.78, 5) is 38.8. The highest BCUT2D eigenvalue weighted by Crippen LogP contribution is 2.26. The Morgan fingerprint density at radius 2 is 1.93 bits per heavy atom. The van der Waals surface area contributed by atoms with E-state index in [2.05, 4.69) is 25.0 Å². The van der Waals surface area contributed by atoms with Crippen LogP contribution >= 0.6 is 36.6 Å². The summed E-state index contributed by atoms with van der Waals surface area (Å²) in [5.41, 5.74) is 1.46. The number of amides is 1. The first-order valence-corrected chi connectivity index (χ1v) is 9.45. The number of rotatable bonds is 4. The molecule has 0 saturated carbocycles. The summed E-state index contributed by atoms with van der Waals surface area (Å²) in [7, 11) is 2.03. The van der Waals surface area contributed by atoms with Gasteiger partial charge in [0.1, 0.15) is 16.9 Å². The number of halogens is 2. The van der Waals surface area contributed by atoms with Gasteiger partial charge in [-0.25, -0.2) is 9.97 Å². The Hall–Kier alpha value is -2.41. The zero-order chi connectivity index (χ0) is 19.8. The maximum atomic E-state index is 12.8. The summed E-state index contributed by atoms with van der Waals surface area (Å²) in [6.07, 6.45) is 1.17. The fourth-order valence-corrected chi connectivity index (χ4v) is 3.77. The maximum Gasteiger partial charge on any atom is 0.368 e. The molecule has 0 aliphatic carbocycles. The molecule has 0 bridgehead atoms. The van der Waals surface area contributed by atoms with Crippen molar-refractivity contribution in [2.24, 2.45) is 0 Å². The molecule has 1 aliphatic heterocycles. The number of aromatic amines is 1. The summed E-state index contributed by atoms with van der Waals surface area (Å²) < 4.78 is 1.18. The number of fused-ring (bicyclic) bond motifs is 1. The summed E-state index contributed by atoms with van der Waals surface area (Å²) in [6.45, 7) is 4.83. The molecule has 0 atom stereocenters. The van der Waals surface area contributed by atoms with Gasteiger partial charge in [-0.05, 0) is 36.7 Å². The molecule has 4 heterocycles. The minimum atomic E-state index is -0.536. The average Bonchev–Trinajstić information content (AvgIpc) is 3.25. The van der Waals surface area contributed by atoms with Crippen molar-refractivity contribution in [1.29, 1.82) is 0 Å².